The van der Waals surface area contributed by atoms with Crippen LogP contribution >= 0.6 is 0 Å². The highest BCUT2D eigenvalue weighted by atomic mass is 16.5. The number of anilines is 1. The number of nitrogens with one attached hydrogen (secondary N) is 2. The van der Waals surface area contributed by atoms with E-state index in [0.29, 0.717) is 26.1 Å². The zero-order chi connectivity index (χ0) is 21.1. The Bertz CT molecular complexity index is 911. The van der Waals surface area contributed by atoms with Crippen LogP contribution in [-0.2, 0) is 14.3 Å². The fraction of sp³-hybridized carbons (Fsp3) is 0.619. The number of pyridine rings is 1. The van der Waals surface area contributed by atoms with Gasteiger partial charge in [0.15, 0.2) is 11.5 Å². The molecular formula is C21H30N6O3. The molecule has 0 spiro atoms. The number of amides is 2. The number of fused-ring (bicyclic) bond motifs is 1. The van der Waals surface area contributed by atoms with Crippen LogP contribution in [0.25, 0.3) is 11.0 Å². The largest absolute Gasteiger partial charge is 0.370 e. The predicted octanol–water partition coefficient (Wildman–Crippen LogP) is 2.08. The van der Waals surface area contributed by atoms with Crippen molar-refractivity contribution in [1.29, 1.82) is 0 Å². The molecule has 2 amide bonds. The van der Waals surface area contributed by atoms with Gasteiger partial charge in [0.1, 0.15) is 6.61 Å². The van der Waals surface area contributed by atoms with Crippen molar-refractivity contribution < 1.29 is 14.3 Å². The van der Waals surface area contributed by atoms with Gasteiger partial charge in [0, 0.05) is 32.1 Å². The molecule has 9 nitrogen and oxygen atoms in total. The smallest absolute Gasteiger partial charge is 0.249 e. The molecule has 2 aliphatic heterocycles. The van der Waals surface area contributed by atoms with Crippen LogP contribution < -0.4 is 5.32 Å². The van der Waals surface area contributed by atoms with Crippen LogP contribution in [0.4, 0.5) is 5.82 Å². The van der Waals surface area contributed by atoms with E-state index in [4.69, 9.17) is 9.72 Å². The molecule has 30 heavy (non-hydrogen) atoms. The summed E-state index contributed by atoms with van der Waals surface area (Å²) in [5, 5.41) is 11.6. The van der Waals surface area contributed by atoms with Crippen LogP contribution in [0.5, 0.6) is 0 Å². The van der Waals surface area contributed by atoms with E-state index in [2.05, 4.69) is 29.4 Å². The van der Waals surface area contributed by atoms with E-state index >= 15 is 0 Å². The lowest BCUT2D eigenvalue weighted by Crippen LogP contribution is -2.35. The standard InChI is InChI=1S/C21H30N6O3/c1-14(2)22-20-15-7-8-16(23-21(15)25-24-20)17-5-3-10-27(17)19(29)13-30-12-11-26-9-4-6-18(26)28/h7-8,14,17H,3-6,9-13H2,1-2H3,(H2,22,23,24,25)/t17-/m0/s1. The fourth-order valence-electron chi connectivity index (χ4n) is 4.22. The first kappa shape index (κ1) is 20.6. The Balaban J connectivity index is 1.35. The number of aromatic nitrogens is 3. The van der Waals surface area contributed by atoms with Crippen LogP contribution in [0.2, 0.25) is 0 Å². The second-order valence-electron chi connectivity index (χ2n) is 8.29. The number of hydrogen-bond donors (Lipinski definition) is 2. The van der Waals surface area contributed by atoms with E-state index < -0.39 is 0 Å². The van der Waals surface area contributed by atoms with Gasteiger partial charge < -0.3 is 19.9 Å². The van der Waals surface area contributed by atoms with E-state index in [1.165, 1.54) is 0 Å². The first-order chi connectivity index (χ1) is 14.5. The molecule has 2 aromatic heterocycles. The summed E-state index contributed by atoms with van der Waals surface area (Å²) in [5.74, 6) is 0.943. The molecule has 0 radical (unpaired) electrons. The molecule has 4 rings (SSSR count). The summed E-state index contributed by atoms with van der Waals surface area (Å²) in [6.45, 7) is 6.61. The second-order valence-corrected chi connectivity index (χ2v) is 8.29. The van der Waals surface area contributed by atoms with Gasteiger partial charge in [0.05, 0.1) is 23.7 Å². The highest BCUT2D eigenvalue weighted by molar-refractivity contribution is 5.87. The summed E-state index contributed by atoms with van der Waals surface area (Å²) in [6, 6.07) is 4.23. The summed E-state index contributed by atoms with van der Waals surface area (Å²) in [6.07, 6.45) is 3.37. The number of nitrogens with zero attached hydrogens (tertiary/aromatic N) is 4. The van der Waals surface area contributed by atoms with Gasteiger partial charge in [-0.1, -0.05) is 0 Å². The van der Waals surface area contributed by atoms with Gasteiger partial charge >= 0.3 is 0 Å². The average Bonchev–Trinajstić information content (AvgIpc) is 3.45. The van der Waals surface area contributed by atoms with Crippen molar-refractivity contribution in [3.05, 3.63) is 17.8 Å². The quantitative estimate of drug-likeness (QED) is 0.641. The summed E-state index contributed by atoms with van der Waals surface area (Å²) in [7, 11) is 0. The van der Waals surface area contributed by atoms with Crippen molar-refractivity contribution >= 4 is 28.7 Å². The third-order valence-corrected chi connectivity index (χ3v) is 5.69. The lowest BCUT2D eigenvalue weighted by molar-refractivity contribution is -0.137. The third-order valence-electron chi connectivity index (χ3n) is 5.69. The van der Waals surface area contributed by atoms with Gasteiger partial charge in [0.2, 0.25) is 11.8 Å². The van der Waals surface area contributed by atoms with Gasteiger partial charge in [-0.2, -0.15) is 5.10 Å². The molecule has 162 valence electrons. The van der Waals surface area contributed by atoms with Crippen LogP contribution in [-0.4, -0.2) is 75.7 Å². The molecule has 2 fully saturated rings. The van der Waals surface area contributed by atoms with E-state index in [0.717, 1.165) is 48.4 Å². The first-order valence-corrected chi connectivity index (χ1v) is 10.8. The van der Waals surface area contributed by atoms with Crippen LogP contribution in [0.15, 0.2) is 12.1 Å². The molecule has 1 atom stereocenters. The number of ether oxygens (including phenoxy) is 1. The Morgan fingerprint density at radius 1 is 1.33 bits per heavy atom. The number of H-pyrrole nitrogens is 1. The summed E-state index contributed by atoms with van der Waals surface area (Å²) < 4.78 is 5.58. The van der Waals surface area contributed by atoms with E-state index in [1.54, 1.807) is 4.90 Å². The van der Waals surface area contributed by atoms with Crippen molar-refractivity contribution in [1.82, 2.24) is 25.0 Å². The number of aromatic amines is 1. The van der Waals surface area contributed by atoms with Crippen molar-refractivity contribution in [2.24, 2.45) is 0 Å². The Morgan fingerprint density at radius 3 is 2.97 bits per heavy atom. The molecule has 2 N–H and O–H groups in total. The number of carbonyl (C=O) groups is 2. The van der Waals surface area contributed by atoms with E-state index in [1.807, 2.05) is 17.0 Å². The second kappa shape index (κ2) is 8.99. The van der Waals surface area contributed by atoms with Gasteiger partial charge in [-0.3, -0.25) is 14.7 Å². The van der Waals surface area contributed by atoms with Crippen LogP contribution in [0, 0.1) is 0 Å². The minimum Gasteiger partial charge on any atom is -0.370 e. The van der Waals surface area contributed by atoms with Crippen molar-refractivity contribution in [2.45, 2.75) is 51.6 Å². The maximum absolute atomic E-state index is 12.7. The number of hydrogen-bond acceptors (Lipinski definition) is 6. The molecule has 0 unspecified atom stereocenters. The molecule has 2 aliphatic rings. The maximum atomic E-state index is 12.7. The topological polar surface area (TPSA) is 103 Å². The molecule has 4 heterocycles. The minimum absolute atomic E-state index is 0.0288. The molecule has 9 heteroatoms. The molecule has 2 aromatic rings. The summed E-state index contributed by atoms with van der Waals surface area (Å²) >= 11 is 0. The van der Waals surface area contributed by atoms with Crippen molar-refractivity contribution in [3.63, 3.8) is 0 Å². The first-order valence-electron chi connectivity index (χ1n) is 10.8. The lowest BCUT2D eigenvalue weighted by Gasteiger charge is -2.24. The van der Waals surface area contributed by atoms with E-state index in [9.17, 15) is 9.59 Å². The average molecular weight is 415 g/mol. The Kier molecular flexibility index (Phi) is 6.17. The minimum atomic E-state index is -0.0459. The monoisotopic (exact) mass is 414 g/mol. The van der Waals surface area contributed by atoms with Gasteiger partial charge in [0.25, 0.3) is 0 Å². The van der Waals surface area contributed by atoms with Gasteiger partial charge in [-0.05, 0) is 45.2 Å². The van der Waals surface area contributed by atoms with Crippen molar-refractivity contribution in [3.8, 4) is 0 Å². The molecule has 0 saturated carbocycles. The summed E-state index contributed by atoms with van der Waals surface area (Å²) in [5.41, 5.74) is 1.59. The Labute approximate surface area is 176 Å². The highest BCUT2D eigenvalue weighted by Gasteiger charge is 2.31. The van der Waals surface area contributed by atoms with Crippen LogP contribution in [0.1, 0.15) is 51.3 Å². The number of carbonyl (C=O) groups excluding carboxylic acids is 2. The van der Waals surface area contributed by atoms with Crippen LogP contribution in [0.3, 0.4) is 0 Å². The number of rotatable bonds is 8. The Morgan fingerprint density at radius 2 is 2.20 bits per heavy atom. The normalized spacial score (nSPS) is 19.4. The predicted molar refractivity (Wildman–Crippen MR) is 113 cm³/mol. The Hall–Kier alpha value is -2.68. The SMILES string of the molecule is CC(C)Nc1n[nH]c2nc([C@@H]3CCCN3C(=O)COCCN3CCCC3=O)ccc12. The lowest BCUT2D eigenvalue weighted by atomic mass is 10.1. The van der Waals surface area contributed by atoms with Crippen molar-refractivity contribution in [2.75, 3.05) is 38.2 Å². The zero-order valence-electron chi connectivity index (χ0n) is 17.7. The van der Waals surface area contributed by atoms with E-state index in [-0.39, 0.29) is 30.5 Å². The third kappa shape index (κ3) is 4.40. The van der Waals surface area contributed by atoms with Gasteiger partial charge in [-0.15, -0.1) is 0 Å². The summed E-state index contributed by atoms with van der Waals surface area (Å²) in [4.78, 5) is 32.8. The molecule has 0 aliphatic carbocycles. The molecule has 0 aromatic carbocycles. The number of likely N-dealkylation sites (tertiary alicyclic amines) is 2. The molecular weight excluding hydrogens is 384 g/mol. The molecule has 0 bridgehead atoms. The fourth-order valence-corrected chi connectivity index (χ4v) is 4.22. The zero-order valence-corrected chi connectivity index (χ0v) is 17.7. The maximum Gasteiger partial charge on any atom is 0.249 e. The molecule has 2 saturated heterocycles. The highest BCUT2D eigenvalue weighted by Crippen LogP contribution is 2.32. The van der Waals surface area contributed by atoms with Gasteiger partial charge in [-0.25, -0.2) is 4.98 Å².